The van der Waals surface area contributed by atoms with Crippen LogP contribution in [0.25, 0.3) is 0 Å². The Morgan fingerprint density at radius 3 is 2.74 bits per heavy atom. The molecule has 2 aliphatic rings. The molecule has 0 heterocycles. The van der Waals surface area contributed by atoms with Gasteiger partial charge in [-0.3, -0.25) is 0 Å². The van der Waals surface area contributed by atoms with Gasteiger partial charge in [0, 0.05) is 18.8 Å². The molecule has 0 unspecified atom stereocenters. The third kappa shape index (κ3) is 3.62. The average molecular weight is 337 g/mol. The summed E-state index contributed by atoms with van der Waals surface area (Å²) in [6.45, 7) is 0.431. The van der Waals surface area contributed by atoms with Crippen molar-refractivity contribution in [1.82, 2.24) is 5.32 Å². The highest BCUT2D eigenvalue weighted by Gasteiger charge is 2.37. The van der Waals surface area contributed by atoms with Crippen LogP contribution in [0.3, 0.4) is 0 Å². The summed E-state index contributed by atoms with van der Waals surface area (Å²) < 4.78 is 24.0. The van der Waals surface area contributed by atoms with E-state index < -0.39 is 15.4 Å². The number of benzene rings is 1. The fourth-order valence-electron chi connectivity index (χ4n) is 4.22. The van der Waals surface area contributed by atoms with Gasteiger partial charge in [-0.2, -0.15) is 0 Å². The Balaban J connectivity index is 1.75. The molecule has 0 saturated heterocycles. The smallest absolute Gasteiger partial charge is 0.151 e. The predicted molar refractivity (Wildman–Crippen MR) is 92.2 cm³/mol. The van der Waals surface area contributed by atoms with Crippen LogP contribution in [0.5, 0.6) is 0 Å². The number of fused-ring (bicyclic) bond motifs is 1. The van der Waals surface area contributed by atoms with Crippen LogP contribution in [0.1, 0.15) is 49.7 Å². The van der Waals surface area contributed by atoms with Gasteiger partial charge in [-0.1, -0.05) is 37.1 Å². The zero-order chi connectivity index (χ0) is 16.5. The Hall–Kier alpha value is -0.910. The van der Waals surface area contributed by atoms with E-state index in [2.05, 4.69) is 11.4 Å². The number of sulfone groups is 1. The number of nitrogens with one attached hydrogen (secondary N) is 1. The Bertz CT molecular complexity index is 658. The number of aryl methyl sites for hydroxylation is 1. The van der Waals surface area contributed by atoms with Crippen molar-refractivity contribution >= 4 is 9.84 Å². The zero-order valence-corrected chi connectivity index (χ0v) is 14.6. The Morgan fingerprint density at radius 2 is 1.96 bits per heavy atom. The van der Waals surface area contributed by atoms with E-state index in [0.717, 1.165) is 50.5 Å². The van der Waals surface area contributed by atoms with Gasteiger partial charge in [-0.05, 0) is 43.2 Å². The van der Waals surface area contributed by atoms with Crippen molar-refractivity contribution in [3.8, 4) is 0 Å². The summed E-state index contributed by atoms with van der Waals surface area (Å²) >= 11 is 0. The second-order valence-corrected chi connectivity index (χ2v) is 9.45. The molecule has 0 aliphatic heterocycles. The molecule has 1 aromatic rings. The first-order valence-electron chi connectivity index (χ1n) is 8.63. The third-order valence-electron chi connectivity index (χ3n) is 5.46. The summed E-state index contributed by atoms with van der Waals surface area (Å²) in [4.78, 5) is 0. The minimum atomic E-state index is -3.05. The molecule has 2 N–H and O–H groups in total. The van der Waals surface area contributed by atoms with Gasteiger partial charge in [0.25, 0.3) is 0 Å². The normalized spacial score (nSPS) is 31.6. The lowest BCUT2D eigenvalue weighted by atomic mass is 9.79. The van der Waals surface area contributed by atoms with E-state index in [4.69, 9.17) is 0 Å². The van der Waals surface area contributed by atoms with Crippen LogP contribution in [-0.2, 0) is 21.9 Å². The molecule has 128 valence electrons. The topological polar surface area (TPSA) is 66.4 Å². The molecule has 0 amide bonds. The van der Waals surface area contributed by atoms with Gasteiger partial charge in [-0.25, -0.2) is 8.42 Å². The van der Waals surface area contributed by atoms with Crippen molar-refractivity contribution in [3.63, 3.8) is 0 Å². The summed E-state index contributed by atoms with van der Waals surface area (Å²) in [5.74, 6) is 0. The van der Waals surface area contributed by atoms with Crippen LogP contribution in [0, 0.1) is 0 Å². The largest absolute Gasteiger partial charge is 0.384 e. The second-order valence-electron chi connectivity index (χ2n) is 7.18. The van der Waals surface area contributed by atoms with Crippen LogP contribution >= 0.6 is 0 Å². The molecule has 23 heavy (non-hydrogen) atoms. The average Bonchev–Trinajstić information content (AvgIpc) is 2.53. The first-order valence-corrected chi connectivity index (χ1v) is 10.6. The predicted octanol–water partition coefficient (Wildman–Crippen LogP) is 2.16. The van der Waals surface area contributed by atoms with Crippen molar-refractivity contribution in [3.05, 3.63) is 35.4 Å². The van der Waals surface area contributed by atoms with Crippen molar-refractivity contribution in [2.24, 2.45) is 0 Å². The fourth-order valence-corrected chi connectivity index (χ4v) is 5.65. The molecule has 0 bridgehead atoms. The quantitative estimate of drug-likeness (QED) is 0.883. The molecule has 1 saturated carbocycles. The Morgan fingerprint density at radius 1 is 1.22 bits per heavy atom. The number of aliphatic hydroxyl groups is 1. The highest BCUT2D eigenvalue weighted by atomic mass is 32.2. The van der Waals surface area contributed by atoms with Crippen molar-refractivity contribution < 1.29 is 13.5 Å². The molecule has 3 atom stereocenters. The minimum absolute atomic E-state index is 0.0446. The summed E-state index contributed by atoms with van der Waals surface area (Å²) in [6, 6.07) is 8.02. The van der Waals surface area contributed by atoms with E-state index in [1.54, 1.807) is 0 Å². The first kappa shape index (κ1) is 16.9. The van der Waals surface area contributed by atoms with E-state index in [-0.39, 0.29) is 11.3 Å². The maximum Gasteiger partial charge on any atom is 0.151 e. The Labute approximate surface area is 139 Å². The molecular weight excluding hydrogens is 310 g/mol. The van der Waals surface area contributed by atoms with Gasteiger partial charge in [0.1, 0.15) is 5.60 Å². The van der Waals surface area contributed by atoms with Gasteiger partial charge >= 0.3 is 0 Å². The summed E-state index contributed by atoms with van der Waals surface area (Å²) in [7, 11) is -3.05. The van der Waals surface area contributed by atoms with Crippen molar-refractivity contribution in [1.29, 1.82) is 0 Å². The van der Waals surface area contributed by atoms with E-state index in [9.17, 15) is 13.5 Å². The van der Waals surface area contributed by atoms with Gasteiger partial charge in [-0.15, -0.1) is 0 Å². The van der Waals surface area contributed by atoms with Crippen LogP contribution in [0.4, 0.5) is 0 Å². The van der Waals surface area contributed by atoms with Crippen LogP contribution in [0.2, 0.25) is 0 Å². The zero-order valence-electron chi connectivity index (χ0n) is 13.8. The molecule has 2 aliphatic carbocycles. The van der Waals surface area contributed by atoms with Gasteiger partial charge in [0.05, 0.1) is 5.25 Å². The fraction of sp³-hybridized carbons (Fsp3) is 0.667. The minimum Gasteiger partial charge on any atom is -0.384 e. The number of hydrogen-bond donors (Lipinski definition) is 2. The highest BCUT2D eigenvalue weighted by Crippen LogP contribution is 2.35. The van der Waals surface area contributed by atoms with E-state index in [0.29, 0.717) is 6.54 Å². The molecular formula is C18H27NO3S. The van der Waals surface area contributed by atoms with E-state index in [1.807, 2.05) is 18.2 Å². The molecule has 0 spiro atoms. The van der Waals surface area contributed by atoms with Gasteiger partial charge in [0.2, 0.25) is 0 Å². The van der Waals surface area contributed by atoms with E-state index in [1.165, 1.54) is 11.8 Å². The van der Waals surface area contributed by atoms with Crippen molar-refractivity contribution in [2.45, 2.75) is 61.8 Å². The summed E-state index contributed by atoms with van der Waals surface area (Å²) in [6.07, 6.45) is 7.67. The van der Waals surface area contributed by atoms with Gasteiger partial charge in [0.15, 0.2) is 9.84 Å². The standard InChI is InChI=1S/C18H27NO3S/c1-23(21,22)17-11-5-4-10-16(17)19-13-18(20)12-6-8-14-7-2-3-9-15(14)18/h2-3,7,9,16-17,19-20H,4-6,8,10-13H2,1H3/t16-,17+,18-/m0/s1. The molecule has 0 radical (unpaired) electrons. The third-order valence-corrected chi connectivity index (χ3v) is 7.13. The SMILES string of the molecule is CS(=O)(=O)[C@@H]1CCCC[C@@H]1NC[C@@]1(O)CCCc2ccccc21. The Kier molecular flexibility index (Phi) is 4.81. The molecule has 5 heteroatoms. The lowest BCUT2D eigenvalue weighted by Crippen LogP contribution is -2.51. The van der Waals surface area contributed by atoms with Crippen LogP contribution in [-0.4, -0.2) is 37.6 Å². The number of rotatable bonds is 4. The lowest BCUT2D eigenvalue weighted by Gasteiger charge is -2.38. The number of hydrogen-bond acceptors (Lipinski definition) is 4. The van der Waals surface area contributed by atoms with Crippen LogP contribution < -0.4 is 5.32 Å². The van der Waals surface area contributed by atoms with E-state index >= 15 is 0 Å². The highest BCUT2D eigenvalue weighted by molar-refractivity contribution is 7.91. The second kappa shape index (κ2) is 6.54. The molecule has 1 fully saturated rings. The molecule has 4 nitrogen and oxygen atoms in total. The monoisotopic (exact) mass is 337 g/mol. The van der Waals surface area contributed by atoms with Crippen LogP contribution in [0.15, 0.2) is 24.3 Å². The molecule has 0 aromatic heterocycles. The maximum atomic E-state index is 12.0. The molecule has 1 aromatic carbocycles. The summed E-state index contributed by atoms with van der Waals surface area (Å²) in [5.41, 5.74) is 1.34. The maximum absolute atomic E-state index is 12.0. The summed E-state index contributed by atoms with van der Waals surface area (Å²) in [5, 5.41) is 14.2. The van der Waals surface area contributed by atoms with Crippen molar-refractivity contribution in [2.75, 3.05) is 12.8 Å². The lowest BCUT2D eigenvalue weighted by molar-refractivity contribution is 0.0156. The molecule has 3 rings (SSSR count). The van der Waals surface area contributed by atoms with Gasteiger partial charge < -0.3 is 10.4 Å². The first-order chi connectivity index (χ1) is 10.9.